The maximum atomic E-state index is 13.5. The lowest BCUT2D eigenvalue weighted by Gasteiger charge is -2.32. The molecule has 1 fully saturated rings. The van der Waals surface area contributed by atoms with E-state index in [9.17, 15) is 18.0 Å². The molecular weight excluding hydrogens is 450 g/mol. The predicted octanol–water partition coefficient (Wildman–Crippen LogP) is 3.75. The van der Waals surface area contributed by atoms with Gasteiger partial charge in [-0.1, -0.05) is 36.7 Å². The van der Waals surface area contributed by atoms with Crippen molar-refractivity contribution in [2.45, 2.75) is 38.1 Å². The van der Waals surface area contributed by atoms with Gasteiger partial charge < -0.3 is 10.2 Å². The molecule has 0 unspecified atom stereocenters. The smallest absolute Gasteiger partial charge is 0.243 e. The van der Waals surface area contributed by atoms with Gasteiger partial charge in [-0.3, -0.25) is 9.59 Å². The second-order valence-electron chi connectivity index (χ2n) is 8.13. The van der Waals surface area contributed by atoms with Crippen molar-refractivity contribution < 1.29 is 18.0 Å². The van der Waals surface area contributed by atoms with Gasteiger partial charge in [0, 0.05) is 37.3 Å². The lowest BCUT2D eigenvalue weighted by Crippen LogP contribution is -2.45. The summed E-state index contributed by atoms with van der Waals surface area (Å²) in [5, 5.41) is 3.05. The Morgan fingerprint density at radius 2 is 1.72 bits per heavy atom. The molecule has 2 amide bonds. The molecule has 32 heavy (non-hydrogen) atoms. The fourth-order valence-corrected chi connectivity index (χ4v) is 5.18. The first kappa shape index (κ1) is 24.2. The fourth-order valence-electron chi connectivity index (χ4n) is 3.61. The van der Waals surface area contributed by atoms with Gasteiger partial charge in [0.25, 0.3) is 0 Å². The van der Waals surface area contributed by atoms with Crippen molar-refractivity contribution in [2.75, 3.05) is 25.0 Å². The number of rotatable bonds is 7. The van der Waals surface area contributed by atoms with E-state index in [1.165, 1.54) is 35.5 Å². The maximum absolute atomic E-state index is 13.5. The van der Waals surface area contributed by atoms with Gasteiger partial charge in [0.05, 0.1) is 11.4 Å². The number of nitrogens with one attached hydrogen (secondary N) is 1. The Bertz CT molecular complexity index is 1060. The lowest BCUT2D eigenvalue weighted by atomic mass is 9.99. The van der Waals surface area contributed by atoms with Crippen molar-refractivity contribution in [3.05, 3.63) is 59.1 Å². The van der Waals surface area contributed by atoms with E-state index in [2.05, 4.69) is 12.2 Å². The zero-order valence-electron chi connectivity index (χ0n) is 18.3. The number of hydrogen-bond donors (Lipinski definition) is 1. The number of hydrogen-bond acceptors (Lipinski definition) is 4. The monoisotopic (exact) mass is 477 g/mol. The first-order chi connectivity index (χ1) is 15.2. The molecule has 1 aliphatic heterocycles. The molecule has 0 radical (unpaired) electrons. The number of carbonyl (C=O) groups is 2. The van der Waals surface area contributed by atoms with Gasteiger partial charge in [-0.15, -0.1) is 0 Å². The summed E-state index contributed by atoms with van der Waals surface area (Å²) >= 11 is 6.28. The summed E-state index contributed by atoms with van der Waals surface area (Å²) in [7, 11) is -3.99. The molecular formula is C23H28ClN3O4S. The third-order valence-electron chi connectivity index (χ3n) is 5.56. The van der Waals surface area contributed by atoms with E-state index in [0.29, 0.717) is 35.3 Å². The summed E-state index contributed by atoms with van der Waals surface area (Å²) in [4.78, 5) is 26.0. The van der Waals surface area contributed by atoms with Crippen LogP contribution in [0.5, 0.6) is 0 Å². The molecule has 0 bridgehead atoms. The third kappa shape index (κ3) is 6.09. The summed E-state index contributed by atoms with van der Waals surface area (Å²) in [6.07, 6.45) is 1.82. The molecule has 0 aliphatic carbocycles. The Kier molecular flexibility index (Phi) is 7.92. The van der Waals surface area contributed by atoms with Crippen molar-refractivity contribution in [3.8, 4) is 0 Å². The quantitative estimate of drug-likeness (QED) is 0.658. The third-order valence-corrected chi connectivity index (χ3v) is 7.74. The molecule has 1 aliphatic rings. The van der Waals surface area contributed by atoms with Gasteiger partial charge >= 0.3 is 0 Å². The Morgan fingerprint density at radius 3 is 2.31 bits per heavy atom. The molecule has 0 saturated carbocycles. The highest BCUT2D eigenvalue weighted by molar-refractivity contribution is 7.89. The largest absolute Gasteiger partial charge is 0.342 e. The molecule has 0 spiro atoms. The van der Waals surface area contributed by atoms with Crippen LogP contribution in [-0.2, 0) is 26.2 Å². The van der Waals surface area contributed by atoms with Crippen LogP contribution < -0.4 is 5.32 Å². The van der Waals surface area contributed by atoms with Gasteiger partial charge in [0.15, 0.2) is 0 Å². The van der Waals surface area contributed by atoms with Crippen molar-refractivity contribution in [1.82, 2.24) is 9.21 Å². The van der Waals surface area contributed by atoms with E-state index < -0.39 is 10.0 Å². The number of sulfonamides is 1. The number of likely N-dealkylation sites (tertiary alicyclic amines) is 1. The zero-order valence-corrected chi connectivity index (χ0v) is 19.8. The van der Waals surface area contributed by atoms with Crippen molar-refractivity contribution in [2.24, 2.45) is 5.92 Å². The van der Waals surface area contributed by atoms with Gasteiger partial charge in [-0.05, 0) is 54.7 Å². The molecule has 2 aromatic carbocycles. The second kappa shape index (κ2) is 10.5. The minimum absolute atomic E-state index is 0.0224. The first-order valence-corrected chi connectivity index (χ1v) is 12.4. The summed E-state index contributed by atoms with van der Waals surface area (Å²) in [6, 6.07) is 12.9. The molecule has 172 valence electrons. The summed E-state index contributed by atoms with van der Waals surface area (Å²) in [5.74, 6) is 0.0916. The maximum Gasteiger partial charge on any atom is 0.243 e. The van der Waals surface area contributed by atoms with Crippen LogP contribution >= 0.6 is 11.6 Å². The van der Waals surface area contributed by atoms with Crippen LogP contribution in [0.1, 0.15) is 32.3 Å². The number of carbonyl (C=O) groups excluding carboxylic acids is 2. The van der Waals surface area contributed by atoms with Crippen molar-refractivity contribution in [1.29, 1.82) is 0 Å². The average molecular weight is 478 g/mol. The number of nitrogens with zero attached hydrogens (tertiary/aromatic N) is 2. The Balaban J connectivity index is 1.87. The van der Waals surface area contributed by atoms with E-state index in [4.69, 9.17) is 11.6 Å². The molecule has 0 atom stereocenters. The average Bonchev–Trinajstić information content (AvgIpc) is 2.75. The van der Waals surface area contributed by atoms with E-state index in [1.54, 1.807) is 29.2 Å². The molecule has 0 aromatic heterocycles. The minimum Gasteiger partial charge on any atom is -0.342 e. The highest BCUT2D eigenvalue weighted by Gasteiger charge is 2.30. The number of halogens is 1. The number of anilines is 1. The summed E-state index contributed by atoms with van der Waals surface area (Å²) in [6.45, 7) is 4.50. The van der Waals surface area contributed by atoms with Crippen LogP contribution in [0.15, 0.2) is 53.4 Å². The highest BCUT2D eigenvalue weighted by Crippen LogP contribution is 2.24. The van der Waals surface area contributed by atoms with Crippen LogP contribution in [0.4, 0.5) is 5.69 Å². The second-order valence-corrected chi connectivity index (χ2v) is 10.5. The van der Waals surface area contributed by atoms with Gasteiger partial charge in [-0.2, -0.15) is 4.31 Å². The van der Waals surface area contributed by atoms with Gasteiger partial charge in [0.1, 0.15) is 0 Å². The standard InChI is InChI=1S/C23H28ClN3O4S/c1-17-11-13-26(14-12-17)23(29)16-27(15-19-5-3-4-6-22(19)24)32(30,31)21-9-7-20(8-10-21)25-18(2)28/h3-10,17H,11-16H2,1-2H3,(H,25,28). The zero-order chi connectivity index (χ0) is 23.3. The molecule has 9 heteroatoms. The van der Waals surface area contributed by atoms with Crippen LogP contribution in [-0.4, -0.2) is 49.1 Å². The van der Waals surface area contributed by atoms with E-state index in [1.807, 2.05) is 0 Å². The number of benzene rings is 2. The SMILES string of the molecule is CC(=O)Nc1ccc(S(=O)(=O)N(CC(=O)N2CCC(C)CC2)Cc2ccccc2Cl)cc1. The minimum atomic E-state index is -3.99. The highest BCUT2D eigenvalue weighted by atomic mass is 35.5. The van der Waals surface area contributed by atoms with Crippen molar-refractivity contribution in [3.63, 3.8) is 0 Å². The first-order valence-electron chi connectivity index (χ1n) is 10.6. The molecule has 1 saturated heterocycles. The Hall–Kier alpha value is -2.42. The van der Waals surface area contributed by atoms with Crippen LogP contribution in [0.25, 0.3) is 0 Å². The van der Waals surface area contributed by atoms with Crippen LogP contribution in [0, 0.1) is 5.92 Å². The van der Waals surface area contributed by atoms with Gasteiger partial charge in [-0.25, -0.2) is 8.42 Å². The summed E-state index contributed by atoms with van der Waals surface area (Å²) < 4.78 is 28.1. The van der Waals surface area contributed by atoms with E-state index in [-0.39, 0.29) is 29.8 Å². The summed E-state index contributed by atoms with van der Waals surface area (Å²) in [5.41, 5.74) is 1.11. The van der Waals surface area contributed by atoms with E-state index in [0.717, 1.165) is 12.8 Å². The van der Waals surface area contributed by atoms with Crippen LogP contribution in [0.2, 0.25) is 5.02 Å². The Labute approximate surface area is 194 Å². The van der Waals surface area contributed by atoms with Crippen LogP contribution in [0.3, 0.4) is 0 Å². The fraction of sp³-hybridized carbons (Fsp3) is 0.391. The van der Waals surface area contributed by atoms with Crippen molar-refractivity contribution >= 4 is 39.1 Å². The lowest BCUT2D eigenvalue weighted by molar-refractivity contribution is -0.132. The Morgan fingerprint density at radius 1 is 1.09 bits per heavy atom. The number of amides is 2. The normalized spacial score (nSPS) is 15.1. The van der Waals surface area contributed by atoms with E-state index >= 15 is 0 Å². The molecule has 1 N–H and O–H groups in total. The molecule has 7 nitrogen and oxygen atoms in total. The topological polar surface area (TPSA) is 86.8 Å². The molecule has 1 heterocycles. The predicted molar refractivity (Wildman–Crippen MR) is 125 cm³/mol. The number of piperidine rings is 1. The van der Waals surface area contributed by atoms with Gasteiger partial charge in [0.2, 0.25) is 21.8 Å². The molecule has 2 aromatic rings. The molecule has 3 rings (SSSR count).